The maximum atomic E-state index is 10.7. The van der Waals surface area contributed by atoms with Crippen molar-refractivity contribution in [3.05, 3.63) is 0 Å². The maximum absolute atomic E-state index is 10.7. The number of carboxylic acids is 1. The van der Waals surface area contributed by atoms with Crippen LogP contribution in [0.5, 0.6) is 0 Å². The third kappa shape index (κ3) is 7.30. The second-order valence-corrected chi connectivity index (χ2v) is 3.93. The summed E-state index contributed by atoms with van der Waals surface area (Å²) in [5, 5.41) is 26.7. The van der Waals surface area contributed by atoms with Gasteiger partial charge in [0, 0.05) is 26.2 Å². The van der Waals surface area contributed by atoms with Gasteiger partial charge in [0.05, 0.1) is 12.0 Å². The number of nitrogens with zero attached hydrogens (tertiary/aromatic N) is 1. The van der Waals surface area contributed by atoms with Crippen LogP contribution in [0, 0.1) is 5.92 Å². The Morgan fingerprint density at radius 2 is 1.93 bits per heavy atom. The molecule has 0 radical (unpaired) electrons. The molecule has 0 aliphatic carbocycles. The molecular formula is C10H21NO4. The van der Waals surface area contributed by atoms with E-state index in [1.807, 2.05) is 4.90 Å². The smallest absolute Gasteiger partial charge is 0.307 e. The van der Waals surface area contributed by atoms with Crippen molar-refractivity contribution in [1.82, 2.24) is 4.90 Å². The highest BCUT2D eigenvalue weighted by Crippen LogP contribution is 2.02. The van der Waals surface area contributed by atoms with Crippen molar-refractivity contribution in [3.63, 3.8) is 0 Å². The molecule has 5 heteroatoms. The van der Waals surface area contributed by atoms with Crippen molar-refractivity contribution in [2.24, 2.45) is 5.92 Å². The number of aliphatic hydroxyl groups excluding tert-OH is 2. The minimum absolute atomic E-state index is 0.0811. The number of hydrogen-bond donors (Lipinski definition) is 3. The van der Waals surface area contributed by atoms with Crippen molar-refractivity contribution in [2.75, 3.05) is 26.2 Å². The molecule has 5 nitrogen and oxygen atoms in total. The highest BCUT2D eigenvalue weighted by atomic mass is 16.4. The molecular weight excluding hydrogens is 198 g/mol. The number of rotatable bonds is 8. The largest absolute Gasteiger partial charge is 0.481 e. The van der Waals surface area contributed by atoms with E-state index < -0.39 is 18.0 Å². The van der Waals surface area contributed by atoms with Crippen LogP contribution in [0.2, 0.25) is 0 Å². The van der Waals surface area contributed by atoms with Gasteiger partial charge in [-0.05, 0) is 13.3 Å². The maximum Gasteiger partial charge on any atom is 0.307 e. The average Bonchev–Trinajstić information content (AvgIpc) is 2.13. The van der Waals surface area contributed by atoms with Gasteiger partial charge in [-0.2, -0.15) is 0 Å². The SMILES string of the molecule is CC(O)CN(CCCO)CC(C)C(=O)O. The fourth-order valence-corrected chi connectivity index (χ4v) is 1.39. The molecule has 0 saturated heterocycles. The first kappa shape index (κ1) is 14.3. The molecule has 90 valence electrons. The Bertz CT molecular complexity index is 184. The van der Waals surface area contributed by atoms with E-state index in [4.69, 9.17) is 10.2 Å². The van der Waals surface area contributed by atoms with Crippen LogP contribution in [0.3, 0.4) is 0 Å². The summed E-state index contributed by atoms with van der Waals surface area (Å²) in [4.78, 5) is 12.5. The normalized spacial score (nSPS) is 15.3. The first-order chi connectivity index (χ1) is 6.97. The van der Waals surface area contributed by atoms with Crippen LogP contribution in [0.15, 0.2) is 0 Å². The van der Waals surface area contributed by atoms with Crippen LogP contribution in [-0.2, 0) is 4.79 Å². The van der Waals surface area contributed by atoms with Gasteiger partial charge < -0.3 is 15.3 Å². The lowest BCUT2D eigenvalue weighted by atomic mass is 10.1. The molecule has 0 aromatic carbocycles. The Balaban J connectivity index is 4.04. The van der Waals surface area contributed by atoms with E-state index >= 15 is 0 Å². The predicted molar refractivity (Wildman–Crippen MR) is 56.6 cm³/mol. The van der Waals surface area contributed by atoms with E-state index in [1.54, 1.807) is 13.8 Å². The van der Waals surface area contributed by atoms with Crippen molar-refractivity contribution in [1.29, 1.82) is 0 Å². The van der Waals surface area contributed by atoms with Gasteiger partial charge in [-0.25, -0.2) is 0 Å². The van der Waals surface area contributed by atoms with Crippen molar-refractivity contribution < 1.29 is 20.1 Å². The Morgan fingerprint density at radius 1 is 1.33 bits per heavy atom. The monoisotopic (exact) mass is 219 g/mol. The summed E-state index contributed by atoms with van der Waals surface area (Å²) in [6.45, 7) is 4.84. The number of aliphatic carboxylic acids is 1. The summed E-state index contributed by atoms with van der Waals surface area (Å²) in [5.74, 6) is -1.29. The molecule has 0 amide bonds. The Kier molecular flexibility index (Phi) is 7.29. The van der Waals surface area contributed by atoms with E-state index in [2.05, 4.69) is 0 Å². The zero-order valence-corrected chi connectivity index (χ0v) is 9.39. The third-order valence-corrected chi connectivity index (χ3v) is 2.11. The molecule has 3 N–H and O–H groups in total. The fraction of sp³-hybridized carbons (Fsp3) is 0.900. The van der Waals surface area contributed by atoms with Crippen LogP contribution >= 0.6 is 0 Å². The Hall–Kier alpha value is -0.650. The van der Waals surface area contributed by atoms with Crippen LogP contribution in [0.25, 0.3) is 0 Å². The molecule has 0 aliphatic heterocycles. The Labute approximate surface area is 90.3 Å². The van der Waals surface area contributed by atoms with Gasteiger partial charge in [0.15, 0.2) is 0 Å². The van der Waals surface area contributed by atoms with E-state index in [-0.39, 0.29) is 6.61 Å². The number of carbonyl (C=O) groups is 1. The van der Waals surface area contributed by atoms with Gasteiger partial charge in [0.1, 0.15) is 0 Å². The minimum Gasteiger partial charge on any atom is -0.481 e. The van der Waals surface area contributed by atoms with E-state index in [1.165, 1.54) is 0 Å². The quantitative estimate of drug-likeness (QED) is 0.525. The summed E-state index contributed by atoms with van der Waals surface area (Å²) in [5.41, 5.74) is 0. The lowest BCUT2D eigenvalue weighted by molar-refractivity contribution is -0.141. The number of carboxylic acid groups (broad SMARTS) is 1. The van der Waals surface area contributed by atoms with Crippen molar-refractivity contribution in [2.45, 2.75) is 26.4 Å². The second-order valence-electron chi connectivity index (χ2n) is 3.93. The molecule has 0 aromatic heterocycles. The molecule has 0 rings (SSSR count). The molecule has 15 heavy (non-hydrogen) atoms. The highest BCUT2D eigenvalue weighted by Gasteiger charge is 2.16. The average molecular weight is 219 g/mol. The van der Waals surface area contributed by atoms with Crippen LogP contribution in [-0.4, -0.2) is 58.5 Å². The second kappa shape index (κ2) is 7.62. The van der Waals surface area contributed by atoms with Gasteiger partial charge in [-0.1, -0.05) is 6.92 Å². The predicted octanol–water partition coefficient (Wildman–Crippen LogP) is -0.228. The van der Waals surface area contributed by atoms with Crippen LogP contribution in [0.4, 0.5) is 0 Å². The summed E-state index contributed by atoms with van der Waals surface area (Å²) in [6.07, 6.45) is 0.115. The summed E-state index contributed by atoms with van der Waals surface area (Å²) in [6, 6.07) is 0. The lowest BCUT2D eigenvalue weighted by Gasteiger charge is -2.25. The first-order valence-electron chi connectivity index (χ1n) is 5.21. The van der Waals surface area contributed by atoms with Crippen LogP contribution < -0.4 is 0 Å². The molecule has 2 unspecified atom stereocenters. The van der Waals surface area contributed by atoms with E-state index in [0.29, 0.717) is 26.1 Å². The molecule has 0 heterocycles. The van der Waals surface area contributed by atoms with Gasteiger partial charge in [-0.15, -0.1) is 0 Å². The summed E-state index contributed by atoms with van der Waals surface area (Å²) < 4.78 is 0. The molecule has 0 aromatic rings. The Morgan fingerprint density at radius 3 is 2.33 bits per heavy atom. The van der Waals surface area contributed by atoms with Crippen LogP contribution in [0.1, 0.15) is 20.3 Å². The summed E-state index contributed by atoms with van der Waals surface area (Å²) >= 11 is 0. The van der Waals surface area contributed by atoms with E-state index in [9.17, 15) is 9.90 Å². The standard InChI is InChI=1S/C10H21NO4/c1-8(10(14)15)6-11(4-3-5-12)7-9(2)13/h8-9,12-13H,3-7H2,1-2H3,(H,14,15). The zero-order valence-electron chi connectivity index (χ0n) is 9.39. The van der Waals surface area contributed by atoms with Gasteiger partial charge in [0.2, 0.25) is 0 Å². The fourth-order valence-electron chi connectivity index (χ4n) is 1.39. The zero-order chi connectivity index (χ0) is 11.8. The molecule has 0 bridgehead atoms. The lowest BCUT2D eigenvalue weighted by Crippen LogP contribution is -2.37. The molecule has 0 aliphatic rings. The van der Waals surface area contributed by atoms with Crippen molar-refractivity contribution >= 4 is 5.97 Å². The first-order valence-corrected chi connectivity index (χ1v) is 5.21. The molecule has 0 spiro atoms. The van der Waals surface area contributed by atoms with Gasteiger partial charge in [-0.3, -0.25) is 9.69 Å². The minimum atomic E-state index is -0.838. The summed E-state index contributed by atoms with van der Waals surface area (Å²) in [7, 11) is 0. The number of hydrogen-bond acceptors (Lipinski definition) is 4. The van der Waals surface area contributed by atoms with Gasteiger partial charge >= 0.3 is 5.97 Å². The molecule has 0 saturated carbocycles. The number of aliphatic hydroxyl groups is 2. The highest BCUT2D eigenvalue weighted by molar-refractivity contribution is 5.69. The van der Waals surface area contributed by atoms with Gasteiger partial charge in [0.25, 0.3) is 0 Å². The molecule has 2 atom stereocenters. The van der Waals surface area contributed by atoms with E-state index in [0.717, 1.165) is 0 Å². The van der Waals surface area contributed by atoms with Crippen molar-refractivity contribution in [3.8, 4) is 0 Å². The molecule has 0 fully saturated rings. The topological polar surface area (TPSA) is 81.0 Å². The third-order valence-electron chi connectivity index (χ3n) is 2.11.